The first-order chi connectivity index (χ1) is 9.26. The second-order valence-electron chi connectivity index (χ2n) is 7.20. The molecule has 0 aliphatic heterocycles. The second-order valence-corrected chi connectivity index (χ2v) is 7.20. The first-order valence-electron chi connectivity index (χ1n) is 7.95. The first-order valence-corrected chi connectivity index (χ1v) is 7.95. The molecular formula is C16H32N2O2. The number of rotatable bonds is 5. The number of amides is 1. The summed E-state index contributed by atoms with van der Waals surface area (Å²) < 4.78 is 5.43. The quantitative estimate of drug-likeness (QED) is 0.811. The second kappa shape index (κ2) is 7.30. The van der Waals surface area contributed by atoms with E-state index in [9.17, 15) is 4.79 Å². The molecule has 1 amide bonds. The van der Waals surface area contributed by atoms with Gasteiger partial charge in [-0.15, -0.1) is 0 Å². The average Bonchev–Trinajstić information content (AvgIpc) is 2.34. The van der Waals surface area contributed by atoms with Crippen molar-refractivity contribution in [3.8, 4) is 0 Å². The van der Waals surface area contributed by atoms with Gasteiger partial charge < -0.3 is 15.4 Å². The molecular weight excluding hydrogens is 252 g/mol. The highest BCUT2D eigenvalue weighted by atomic mass is 16.6. The first kappa shape index (κ1) is 17.3. The highest BCUT2D eigenvalue weighted by Crippen LogP contribution is 2.32. The van der Waals surface area contributed by atoms with E-state index in [1.807, 2.05) is 27.8 Å². The summed E-state index contributed by atoms with van der Waals surface area (Å²) in [6.07, 6.45) is 7.65. The van der Waals surface area contributed by atoms with E-state index in [1.165, 1.54) is 19.3 Å². The van der Waals surface area contributed by atoms with E-state index in [0.29, 0.717) is 6.04 Å². The molecule has 0 aromatic carbocycles. The van der Waals surface area contributed by atoms with Crippen LogP contribution >= 0.6 is 0 Å². The Balaban J connectivity index is 2.61. The van der Waals surface area contributed by atoms with Crippen LogP contribution in [-0.2, 0) is 4.74 Å². The molecule has 0 radical (unpaired) electrons. The van der Waals surface area contributed by atoms with Crippen LogP contribution in [0.1, 0.15) is 72.6 Å². The third kappa shape index (κ3) is 6.12. The van der Waals surface area contributed by atoms with Crippen LogP contribution < -0.4 is 10.6 Å². The van der Waals surface area contributed by atoms with Crippen molar-refractivity contribution in [2.45, 2.75) is 89.8 Å². The number of ether oxygens (including phenoxy) is 1. The van der Waals surface area contributed by atoms with Crippen LogP contribution in [0, 0.1) is 0 Å². The van der Waals surface area contributed by atoms with Crippen LogP contribution in [0.15, 0.2) is 0 Å². The summed E-state index contributed by atoms with van der Waals surface area (Å²) in [5, 5.41) is 6.45. The summed E-state index contributed by atoms with van der Waals surface area (Å²) in [6.45, 7) is 7.90. The maximum Gasteiger partial charge on any atom is 0.408 e. The van der Waals surface area contributed by atoms with Crippen molar-refractivity contribution in [1.82, 2.24) is 10.6 Å². The predicted molar refractivity (Wildman–Crippen MR) is 82.9 cm³/mol. The molecule has 2 N–H and O–H groups in total. The van der Waals surface area contributed by atoms with E-state index in [4.69, 9.17) is 4.74 Å². The van der Waals surface area contributed by atoms with Gasteiger partial charge in [-0.1, -0.05) is 19.3 Å². The molecule has 0 saturated heterocycles. The van der Waals surface area contributed by atoms with Crippen LogP contribution in [0.2, 0.25) is 0 Å². The number of alkyl carbamates (subject to hydrolysis) is 1. The molecule has 0 heterocycles. The van der Waals surface area contributed by atoms with Crippen molar-refractivity contribution in [2.24, 2.45) is 0 Å². The highest BCUT2D eigenvalue weighted by molar-refractivity contribution is 5.68. The largest absolute Gasteiger partial charge is 0.444 e. The van der Waals surface area contributed by atoms with Crippen molar-refractivity contribution in [1.29, 1.82) is 0 Å². The summed E-state index contributed by atoms with van der Waals surface area (Å²) in [5.41, 5.74) is -0.496. The normalized spacial score (nSPS) is 20.2. The summed E-state index contributed by atoms with van der Waals surface area (Å²) >= 11 is 0. The van der Waals surface area contributed by atoms with Crippen molar-refractivity contribution in [3.05, 3.63) is 0 Å². The van der Waals surface area contributed by atoms with Gasteiger partial charge >= 0.3 is 6.09 Å². The summed E-state index contributed by atoms with van der Waals surface area (Å²) in [4.78, 5) is 12.1. The lowest BCUT2D eigenvalue weighted by Gasteiger charge is -2.39. The zero-order valence-electron chi connectivity index (χ0n) is 13.8. The van der Waals surface area contributed by atoms with Gasteiger partial charge in [0.25, 0.3) is 0 Å². The smallest absolute Gasteiger partial charge is 0.408 e. The third-order valence-electron chi connectivity index (χ3n) is 4.13. The van der Waals surface area contributed by atoms with Crippen LogP contribution in [-0.4, -0.2) is 30.3 Å². The Bertz CT molecular complexity index is 304. The SMILES string of the molecule is CNC(C)CCC1(NC(=O)OC(C)(C)C)CCCCC1. The van der Waals surface area contributed by atoms with Crippen molar-refractivity contribution in [2.75, 3.05) is 7.05 Å². The Morgan fingerprint density at radius 1 is 1.25 bits per heavy atom. The maximum absolute atomic E-state index is 12.1. The Morgan fingerprint density at radius 2 is 1.85 bits per heavy atom. The lowest BCUT2D eigenvalue weighted by Crippen LogP contribution is -2.51. The van der Waals surface area contributed by atoms with E-state index in [0.717, 1.165) is 25.7 Å². The molecule has 0 spiro atoms. The fourth-order valence-electron chi connectivity index (χ4n) is 2.82. The average molecular weight is 284 g/mol. The van der Waals surface area contributed by atoms with E-state index in [-0.39, 0.29) is 11.6 Å². The topological polar surface area (TPSA) is 50.4 Å². The molecule has 1 aliphatic rings. The fraction of sp³-hybridized carbons (Fsp3) is 0.938. The molecule has 1 rings (SSSR count). The van der Waals surface area contributed by atoms with Gasteiger partial charge in [0, 0.05) is 11.6 Å². The van der Waals surface area contributed by atoms with Crippen LogP contribution in [0.3, 0.4) is 0 Å². The van der Waals surface area contributed by atoms with Crippen molar-refractivity contribution >= 4 is 6.09 Å². The van der Waals surface area contributed by atoms with Gasteiger partial charge in [-0.3, -0.25) is 0 Å². The lowest BCUT2D eigenvalue weighted by atomic mass is 9.78. The minimum atomic E-state index is -0.432. The van der Waals surface area contributed by atoms with E-state index in [1.54, 1.807) is 0 Å². The Hall–Kier alpha value is -0.770. The van der Waals surface area contributed by atoms with Gasteiger partial charge in [-0.05, 0) is 60.4 Å². The summed E-state index contributed by atoms with van der Waals surface area (Å²) in [7, 11) is 1.99. The molecule has 1 saturated carbocycles. The molecule has 4 nitrogen and oxygen atoms in total. The minimum absolute atomic E-state index is 0.0638. The molecule has 1 atom stereocenters. The number of carbonyl (C=O) groups is 1. The van der Waals surface area contributed by atoms with Gasteiger partial charge in [0.1, 0.15) is 5.60 Å². The Labute approximate surface area is 124 Å². The zero-order chi connectivity index (χ0) is 15.2. The molecule has 118 valence electrons. The van der Waals surface area contributed by atoms with Gasteiger partial charge in [0.2, 0.25) is 0 Å². The molecule has 1 fully saturated rings. The van der Waals surface area contributed by atoms with E-state index >= 15 is 0 Å². The van der Waals surface area contributed by atoms with Crippen LogP contribution in [0.25, 0.3) is 0 Å². The Morgan fingerprint density at radius 3 is 2.35 bits per heavy atom. The maximum atomic E-state index is 12.1. The van der Waals surface area contributed by atoms with Crippen LogP contribution in [0.5, 0.6) is 0 Å². The van der Waals surface area contributed by atoms with Crippen molar-refractivity contribution in [3.63, 3.8) is 0 Å². The predicted octanol–water partition coefficient (Wildman–Crippen LogP) is 3.60. The highest BCUT2D eigenvalue weighted by Gasteiger charge is 2.34. The van der Waals surface area contributed by atoms with E-state index in [2.05, 4.69) is 17.6 Å². The standard InChI is InChI=1S/C16H32N2O2/c1-13(17-5)9-12-16(10-7-6-8-11-16)18-14(19)20-15(2,3)4/h13,17H,6-12H2,1-5H3,(H,18,19). The number of nitrogens with one attached hydrogen (secondary N) is 2. The van der Waals surface area contributed by atoms with Gasteiger partial charge in [0.15, 0.2) is 0 Å². The summed E-state index contributed by atoms with van der Waals surface area (Å²) in [6, 6.07) is 0.481. The Kier molecular flexibility index (Phi) is 6.31. The molecule has 1 aliphatic carbocycles. The van der Waals surface area contributed by atoms with Crippen molar-refractivity contribution < 1.29 is 9.53 Å². The number of hydrogen-bond donors (Lipinski definition) is 2. The molecule has 20 heavy (non-hydrogen) atoms. The monoisotopic (exact) mass is 284 g/mol. The number of carbonyl (C=O) groups excluding carboxylic acids is 1. The number of hydrogen-bond acceptors (Lipinski definition) is 3. The lowest BCUT2D eigenvalue weighted by molar-refractivity contribution is 0.0411. The third-order valence-corrected chi connectivity index (χ3v) is 4.13. The van der Waals surface area contributed by atoms with Gasteiger partial charge in [-0.25, -0.2) is 4.79 Å². The minimum Gasteiger partial charge on any atom is -0.444 e. The van der Waals surface area contributed by atoms with E-state index < -0.39 is 5.60 Å². The molecule has 4 heteroatoms. The summed E-state index contributed by atoms with van der Waals surface area (Å²) in [5.74, 6) is 0. The zero-order valence-corrected chi connectivity index (χ0v) is 13.8. The molecule has 1 unspecified atom stereocenters. The molecule has 0 bridgehead atoms. The fourth-order valence-corrected chi connectivity index (χ4v) is 2.82. The molecule has 0 aromatic heterocycles. The molecule has 0 aromatic rings. The van der Waals surface area contributed by atoms with Gasteiger partial charge in [0.05, 0.1) is 0 Å². The van der Waals surface area contributed by atoms with Crippen LogP contribution in [0.4, 0.5) is 4.79 Å². The van der Waals surface area contributed by atoms with Gasteiger partial charge in [-0.2, -0.15) is 0 Å².